The Kier molecular flexibility index (Phi) is 2.40. The second kappa shape index (κ2) is 4.04. The number of nitrogens with one attached hydrogen (secondary N) is 1. The molecule has 4 rings (SSSR count). The largest absolute Gasteiger partial charge is 0.266 e. The second-order valence-electron chi connectivity index (χ2n) is 6.65. The summed E-state index contributed by atoms with van der Waals surface area (Å²) in [6.07, 6.45) is 8.56. The molecule has 0 aromatic carbocycles. The van der Waals surface area contributed by atoms with Crippen LogP contribution in [-0.2, 0) is 0 Å². The Balaban J connectivity index is 1.82. The van der Waals surface area contributed by atoms with E-state index in [1.54, 1.807) is 0 Å². The lowest BCUT2D eigenvalue weighted by Gasteiger charge is -2.34. The summed E-state index contributed by atoms with van der Waals surface area (Å²) >= 11 is 0. The topological polar surface area (TPSA) is 59.4 Å². The van der Waals surface area contributed by atoms with Crippen molar-refractivity contribution in [2.45, 2.75) is 45.6 Å². The summed E-state index contributed by atoms with van der Waals surface area (Å²) in [5.41, 5.74) is 3.36. The SMILES string of the molecule is CC1(C)CCC(n2[nH]nc3cnc4nccc4c32)CC1. The third kappa shape index (κ3) is 1.72. The van der Waals surface area contributed by atoms with Gasteiger partial charge >= 0.3 is 0 Å². The quantitative estimate of drug-likeness (QED) is 0.736. The molecule has 1 aliphatic carbocycles. The molecule has 5 heteroatoms. The fourth-order valence-corrected chi connectivity index (χ4v) is 3.33. The maximum Gasteiger partial charge on any atom is 0.161 e. The lowest BCUT2D eigenvalue weighted by molar-refractivity contribution is 0.187. The zero-order chi connectivity index (χ0) is 13.7. The van der Waals surface area contributed by atoms with Crippen molar-refractivity contribution in [2.24, 2.45) is 5.41 Å². The van der Waals surface area contributed by atoms with E-state index in [0.29, 0.717) is 11.5 Å². The normalized spacial score (nSPS) is 19.9. The molecule has 3 heterocycles. The Morgan fingerprint density at radius 2 is 2.05 bits per heavy atom. The molecule has 1 N–H and O–H groups in total. The van der Waals surface area contributed by atoms with Gasteiger partial charge in [-0.1, -0.05) is 13.8 Å². The van der Waals surface area contributed by atoms with Crippen molar-refractivity contribution in [1.82, 2.24) is 25.0 Å². The van der Waals surface area contributed by atoms with Gasteiger partial charge in [-0.2, -0.15) is 5.10 Å². The van der Waals surface area contributed by atoms with Crippen LogP contribution in [0.2, 0.25) is 0 Å². The Bertz CT molecular complexity index is 757. The van der Waals surface area contributed by atoms with Crippen LogP contribution in [0.15, 0.2) is 18.5 Å². The van der Waals surface area contributed by atoms with Crippen LogP contribution in [0.5, 0.6) is 0 Å². The van der Waals surface area contributed by atoms with Gasteiger partial charge in [0.1, 0.15) is 5.52 Å². The van der Waals surface area contributed by atoms with Gasteiger partial charge in [-0.05, 0) is 37.2 Å². The molecule has 1 fully saturated rings. The molecule has 20 heavy (non-hydrogen) atoms. The minimum absolute atomic E-state index is 0.478. The van der Waals surface area contributed by atoms with E-state index in [1.807, 2.05) is 18.5 Å². The molecule has 3 aromatic rings. The standard InChI is InChI=1S/C15H19N5/c1-15(2)6-3-10(4-7-15)20-13-11-5-8-16-14(11)17-9-12(13)18-19-20/h5,8-10,19H,3-4,6-7H2,1-2H3. The molecule has 0 spiro atoms. The van der Waals surface area contributed by atoms with Crippen LogP contribution in [-0.4, -0.2) is 25.0 Å². The first-order valence-electron chi connectivity index (χ1n) is 7.30. The summed E-state index contributed by atoms with van der Waals surface area (Å²) < 4.78 is 2.23. The first-order valence-corrected chi connectivity index (χ1v) is 7.30. The Hall–Kier alpha value is -1.91. The number of aromatic nitrogens is 5. The van der Waals surface area contributed by atoms with E-state index in [-0.39, 0.29) is 0 Å². The molecule has 0 unspecified atom stereocenters. The number of hydrogen-bond donors (Lipinski definition) is 1. The van der Waals surface area contributed by atoms with Crippen molar-refractivity contribution >= 4 is 22.1 Å². The van der Waals surface area contributed by atoms with Gasteiger partial charge in [0.25, 0.3) is 0 Å². The molecule has 104 valence electrons. The Morgan fingerprint density at radius 3 is 2.85 bits per heavy atom. The number of fused-ring (bicyclic) bond motifs is 3. The fraction of sp³-hybridized carbons (Fsp3) is 0.533. The number of pyridine rings is 1. The van der Waals surface area contributed by atoms with Gasteiger partial charge in [0.2, 0.25) is 0 Å². The van der Waals surface area contributed by atoms with E-state index >= 15 is 0 Å². The average Bonchev–Trinajstić information content (AvgIpc) is 3.03. The summed E-state index contributed by atoms with van der Waals surface area (Å²) in [7, 11) is 0. The minimum atomic E-state index is 0.478. The van der Waals surface area contributed by atoms with Crippen LogP contribution in [0.1, 0.15) is 45.6 Å². The highest BCUT2D eigenvalue weighted by atomic mass is 15.4. The number of aromatic amines is 1. The molecule has 0 radical (unpaired) electrons. The predicted octanol–water partition coefficient (Wildman–Crippen LogP) is 3.45. The van der Waals surface area contributed by atoms with Crippen molar-refractivity contribution in [3.8, 4) is 0 Å². The van der Waals surface area contributed by atoms with Gasteiger partial charge in [0, 0.05) is 11.6 Å². The zero-order valence-electron chi connectivity index (χ0n) is 11.9. The molecular weight excluding hydrogens is 250 g/mol. The van der Waals surface area contributed by atoms with E-state index in [9.17, 15) is 0 Å². The van der Waals surface area contributed by atoms with E-state index < -0.39 is 0 Å². The van der Waals surface area contributed by atoms with Crippen molar-refractivity contribution in [1.29, 1.82) is 0 Å². The third-order valence-electron chi connectivity index (χ3n) is 4.68. The molecule has 0 amide bonds. The highest BCUT2D eigenvalue weighted by Gasteiger charge is 2.29. The summed E-state index contributed by atoms with van der Waals surface area (Å²) in [6.45, 7) is 4.73. The highest BCUT2D eigenvalue weighted by molar-refractivity contribution is 6.00. The summed E-state index contributed by atoms with van der Waals surface area (Å²) in [6, 6.07) is 2.54. The van der Waals surface area contributed by atoms with E-state index in [1.165, 1.54) is 25.7 Å². The van der Waals surface area contributed by atoms with Gasteiger partial charge < -0.3 is 0 Å². The molecule has 0 saturated heterocycles. The summed E-state index contributed by atoms with van der Waals surface area (Å²) in [5, 5.41) is 8.70. The minimum Gasteiger partial charge on any atom is -0.266 e. The van der Waals surface area contributed by atoms with E-state index in [0.717, 1.165) is 22.1 Å². The Labute approximate surface area is 117 Å². The smallest absolute Gasteiger partial charge is 0.161 e. The van der Waals surface area contributed by atoms with Crippen LogP contribution >= 0.6 is 0 Å². The van der Waals surface area contributed by atoms with Gasteiger partial charge in [0.15, 0.2) is 5.65 Å². The number of nitrogens with zero attached hydrogens (tertiary/aromatic N) is 4. The lowest BCUT2D eigenvalue weighted by atomic mass is 9.75. The van der Waals surface area contributed by atoms with Gasteiger partial charge in [0.05, 0.1) is 17.8 Å². The molecule has 1 saturated carbocycles. The second-order valence-corrected chi connectivity index (χ2v) is 6.65. The third-order valence-corrected chi connectivity index (χ3v) is 4.68. The molecular formula is C15H19N5. The summed E-state index contributed by atoms with van der Waals surface area (Å²) in [4.78, 5) is 8.64. The zero-order valence-corrected chi connectivity index (χ0v) is 11.9. The molecule has 0 atom stereocenters. The molecule has 0 aliphatic heterocycles. The number of hydrogen-bond acceptors (Lipinski definition) is 3. The highest BCUT2D eigenvalue weighted by Crippen LogP contribution is 2.41. The first-order chi connectivity index (χ1) is 9.64. The Morgan fingerprint density at radius 1 is 1.25 bits per heavy atom. The average molecular weight is 269 g/mol. The fourth-order valence-electron chi connectivity index (χ4n) is 3.33. The van der Waals surface area contributed by atoms with E-state index in [4.69, 9.17) is 0 Å². The van der Waals surface area contributed by atoms with Crippen molar-refractivity contribution in [3.63, 3.8) is 0 Å². The van der Waals surface area contributed by atoms with Crippen LogP contribution in [0.3, 0.4) is 0 Å². The molecule has 3 aromatic heterocycles. The van der Waals surface area contributed by atoms with Crippen LogP contribution < -0.4 is 0 Å². The predicted molar refractivity (Wildman–Crippen MR) is 78.5 cm³/mol. The van der Waals surface area contributed by atoms with Gasteiger partial charge in [-0.15, -0.1) is 0 Å². The first kappa shape index (κ1) is 11.9. The van der Waals surface area contributed by atoms with Crippen LogP contribution in [0.4, 0.5) is 0 Å². The van der Waals surface area contributed by atoms with Crippen molar-refractivity contribution in [2.75, 3.05) is 0 Å². The molecule has 1 aliphatic rings. The maximum absolute atomic E-state index is 4.41. The van der Waals surface area contributed by atoms with Gasteiger partial charge in [-0.3, -0.25) is 4.68 Å². The maximum atomic E-state index is 4.41. The monoisotopic (exact) mass is 269 g/mol. The summed E-state index contributed by atoms with van der Waals surface area (Å²) in [5.74, 6) is 0. The van der Waals surface area contributed by atoms with Crippen molar-refractivity contribution in [3.05, 3.63) is 18.5 Å². The van der Waals surface area contributed by atoms with Gasteiger partial charge in [-0.25, -0.2) is 15.2 Å². The molecule has 5 nitrogen and oxygen atoms in total. The van der Waals surface area contributed by atoms with Crippen molar-refractivity contribution < 1.29 is 0 Å². The molecule has 0 bridgehead atoms. The number of rotatable bonds is 1. The number of H-pyrrole nitrogens is 1. The van der Waals surface area contributed by atoms with Crippen LogP contribution in [0.25, 0.3) is 22.1 Å². The lowest BCUT2D eigenvalue weighted by Crippen LogP contribution is -2.24. The van der Waals surface area contributed by atoms with E-state index in [2.05, 4.69) is 38.8 Å². The van der Waals surface area contributed by atoms with Crippen LogP contribution in [0, 0.1) is 5.41 Å².